The van der Waals surface area contributed by atoms with Gasteiger partial charge >= 0.3 is 0 Å². The van der Waals surface area contributed by atoms with Crippen LogP contribution < -0.4 is 4.74 Å². The minimum atomic E-state index is 0.114. The second kappa shape index (κ2) is 4.33. The number of nitrogens with zero attached hydrogens (tertiary/aromatic N) is 2. The van der Waals surface area contributed by atoms with E-state index in [2.05, 4.69) is 25.8 Å². The van der Waals surface area contributed by atoms with Gasteiger partial charge in [0.05, 0.1) is 18.1 Å². The average Bonchev–Trinajstić information content (AvgIpc) is 2.69. The van der Waals surface area contributed by atoms with E-state index in [1.807, 2.05) is 13.1 Å². The highest BCUT2D eigenvalue weighted by atomic mass is 79.9. The molecular weight excluding hydrogens is 272 g/mol. The van der Waals surface area contributed by atoms with Gasteiger partial charge in [0.2, 0.25) is 0 Å². The topological polar surface area (TPSA) is 45.1 Å². The first kappa shape index (κ1) is 11.3. The van der Waals surface area contributed by atoms with Crippen molar-refractivity contribution in [3.63, 3.8) is 0 Å². The monoisotopic (exact) mass is 284 g/mol. The SMILES string of the molecule is COc1ccc(C2=NCCN2C)c(Br)c1O. The van der Waals surface area contributed by atoms with Gasteiger partial charge in [0, 0.05) is 19.2 Å². The molecule has 1 aromatic carbocycles. The Labute approximate surface area is 103 Å². The lowest BCUT2D eigenvalue weighted by atomic mass is 10.1. The first-order chi connectivity index (χ1) is 7.65. The number of hydrogen-bond acceptors (Lipinski definition) is 4. The number of aliphatic imine (C=N–C) groups is 1. The van der Waals surface area contributed by atoms with Crippen molar-refractivity contribution in [1.82, 2.24) is 4.90 Å². The maximum atomic E-state index is 9.88. The Bertz CT molecular complexity index is 446. The maximum Gasteiger partial charge on any atom is 0.172 e. The molecule has 0 unspecified atom stereocenters. The molecule has 0 bridgehead atoms. The van der Waals surface area contributed by atoms with Crippen molar-refractivity contribution < 1.29 is 9.84 Å². The molecule has 1 N–H and O–H groups in total. The maximum absolute atomic E-state index is 9.88. The van der Waals surface area contributed by atoms with Gasteiger partial charge in [-0.15, -0.1) is 0 Å². The third kappa shape index (κ3) is 1.75. The number of benzene rings is 1. The van der Waals surface area contributed by atoms with E-state index in [0.717, 1.165) is 24.5 Å². The summed E-state index contributed by atoms with van der Waals surface area (Å²) in [6.07, 6.45) is 0. The summed E-state index contributed by atoms with van der Waals surface area (Å²) in [4.78, 5) is 6.47. The molecule has 0 aromatic heterocycles. The van der Waals surface area contributed by atoms with Crippen LogP contribution in [0.15, 0.2) is 21.6 Å². The van der Waals surface area contributed by atoms with E-state index >= 15 is 0 Å². The van der Waals surface area contributed by atoms with E-state index in [0.29, 0.717) is 10.2 Å². The minimum absolute atomic E-state index is 0.114. The molecular formula is C11H13BrN2O2. The number of hydrogen-bond donors (Lipinski definition) is 1. The van der Waals surface area contributed by atoms with Gasteiger partial charge in [-0.2, -0.15) is 0 Å². The molecule has 16 heavy (non-hydrogen) atoms. The lowest BCUT2D eigenvalue weighted by Crippen LogP contribution is -2.23. The number of phenols is 1. The Morgan fingerprint density at radius 2 is 2.25 bits per heavy atom. The third-order valence-electron chi connectivity index (χ3n) is 2.60. The molecule has 0 fully saturated rings. The highest BCUT2D eigenvalue weighted by Gasteiger charge is 2.20. The molecule has 86 valence electrons. The molecule has 0 amide bonds. The van der Waals surface area contributed by atoms with Gasteiger partial charge in [-0.3, -0.25) is 4.99 Å². The van der Waals surface area contributed by atoms with Crippen LogP contribution in [0.4, 0.5) is 0 Å². The van der Waals surface area contributed by atoms with Crippen LogP contribution in [0.2, 0.25) is 0 Å². The van der Waals surface area contributed by atoms with Crippen molar-refractivity contribution in [1.29, 1.82) is 0 Å². The van der Waals surface area contributed by atoms with E-state index in [4.69, 9.17) is 4.74 Å². The first-order valence-corrected chi connectivity index (χ1v) is 5.76. The van der Waals surface area contributed by atoms with Gasteiger partial charge in [-0.1, -0.05) is 0 Å². The molecule has 1 heterocycles. The molecule has 0 spiro atoms. The number of amidine groups is 1. The summed E-state index contributed by atoms with van der Waals surface area (Å²) in [5, 5.41) is 9.88. The molecule has 4 nitrogen and oxygen atoms in total. The van der Waals surface area contributed by atoms with E-state index < -0.39 is 0 Å². The van der Waals surface area contributed by atoms with Crippen LogP contribution in [0.5, 0.6) is 11.5 Å². The standard InChI is InChI=1S/C11H13BrN2O2/c1-14-6-5-13-11(14)7-3-4-8(16-2)10(15)9(7)12/h3-4,15H,5-6H2,1-2H3. The Morgan fingerprint density at radius 1 is 1.50 bits per heavy atom. The fraction of sp³-hybridized carbons (Fsp3) is 0.364. The molecule has 0 saturated heterocycles. The lowest BCUT2D eigenvalue weighted by Gasteiger charge is -2.16. The normalized spacial score (nSPS) is 15.2. The second-order valence-electron chi connectivity index (χ2n) is 3.60. The van der Waals surface area contributed by atoms with Crippen LogP contribution in [0, 0.1) is 0 Å². The quantitative estimate of drug-likeness (QED) is 0.902. The fourth-order valence-electron chi connectivity index (χ4n) is 1.71. The number of aromatic hydroxyl groups is 1. The predicted octanol–water partition coefficient (Wildman–Crippen LogP) is 1.86. The Balaban J connectivity index is 2.47. The zero-order chi connectivity index (χ0) is 11.7. The van der Waals surface area contributed by atoms with Crippen LogP contribution in [0.1, 0.15) is 5.56 Å². The molecule has 5 heteroatoms. The number of rotatable bonds is 2. The van der Waals surface area contributed by atoms with E-state index in [-0.39, 0.29) is 5.75 Å². The number of halogens is 1. The molecule has 1 aromatic rings. The van der Waals surface area contributed by atoms with E-state index in [9.17, 15) is 5.11 Å². The van der Waals surface area contributed by atoms with Crippen LogP contribution in [0.3, 0.4) is 0 Å². The van der Waals surface area contributed by atoms with Crippen LogP contribution in [0.25, 0.3) is 0 Å². The summed E-state index contributed by atoms with van der Waals surface area (Å²) in [6, 6.07) is 3.63. The highest BCUT2D eigenvalue weighted by molar-refractivity contribution is 9.10. The molecule has 0 aliphatic carbocycles. The number of phenolic OH excluding ortho intramolecular Hbond substituents is 1. The summed E-state index contributed by atoms with van der Waals surface area (Å²) in [5.74, 6) is 1.46. The lowest BCUT2D eigenvalue weighted by molar-refractivity contribution is 0.372. The number of methoxy groups -OCH3 is 1. The molecule has 1 aliphatic rings. The molecule has 0 saturated carbocycles. The average molecular weight is 285 g/mol. The number of ether oxygens (including phenoxy) is 1. The van der Waals surface area contributed by atoms with Crippen molar-refractivity contribution >= 4 is 21.8 Å². The first-order valence-electron chi connectivity index (χ1n) is 4.96. The van der Waals surface area contributed by atoms with Gasteiger partial charge in [0.25, 0.3) is 0 Å². The minimum Gasteiger partial charge on any atom is -0.503 e. The third-order valence-corrected chi connectivity index (χ3v) is 3.40. The smallest absolute Gasteiger partial charge is 0.172 e. The largest absolute Gasteiger partial charge is 0.503 e. The summed E-state index contributed by atoms with van der Waals surface area (Å²) in [5.41, 5.74) is 0.887. The van der Waals surface area contributed by atoms with E-state index in [1.165, 1.54) is 7.11 Å². The second-order valence-corrected chi connectivity index (χ2v) is 4.40. The van der Waals surface area contributed by atoms with Crippen molar-refractivity contribution in [2.75, 3.05) is 27.2 Å². The molecule has 0 atom stereocenters. The van der Waals surface area contributed by atoms with Gasteiger partial charge in [0.1, 0.15) is 5.84 Å². The summed E-state index contributed by atoms with van der Waals surface area (Å²) in [7, 11) is 3.51. The van der Waals surface area contributed by atoms with Crippen LogP contribution in [-0.2, 0) is 0 Å². The van der Waals surface area contributed by atoms with Crippen LogP contribution in [-0.4, -0.2) is 43.1 Å². The fourth-order valence-corrected chi connectivity index (χ4v) is 2.21. The van der Waals surface area contributed by atoms with Crippen LogP contribution >= 0.6 is 15.9 Å². The molecule has 2 rings (SSSR count). The molecule has 1 aliphatic heterocycles. The molecule has 0 radical (unpaired) electrons. The van der Waals surface area contributed by atoms with E-state index in [1.54, 1.807) is 6.07 Å². The van der Waals surface area contributed by atoms with Gasteiger partial charge in [-0.05, 0) is 28.1 Å². The van der Waals surface area contributed by atoms with Gasteiger partial charge in [0.15, 0.2) is 11.5 Å². The summed E-state index contributed by atoms with van der Waals surface area (Å²) < 4.78 is 5.66. The van der Waals surface area contributed by atoms with Gasteiger partial charge in [-0.25, -0.2) is 0 Å². The van der Waals surface area contributed by atoms with Crippen molar-refractivity contribution in [3.05, 3.63) is 22.2 Å². The number of likely N-dealkylation sites (N-methyl/N-ethyl adjacent to an activating group) is 1. The van der Waals surface area contributed by atoms with Gasteiger partial charge < -0.3 is 14.7 Å². The van der Waals surface area contributed by atoms with Crippen molar-refractivity contribution in [2.45, 2.75) is 0 Å². The summed E-state index contributed by atoms with van der Waals surface area (Å²) >= 11 is 3.37. The Morgan fingerprint density at radius 3 is 2.81 bits per heavy atom. The Hall–Kier alpha value is -1.23. The zero-order valence-corrected chi connectivity index (χ0v) is 10.8. The summed E-state index contributed by atoms with van der Waals surface area (Å²) in [6.45, 7) is 1.71. The Kier molecular flexibility index (Phi) is 3.05. The zero-order valence-electron chi connectivity index (χ0n) is 9.20. The highest BCUT2D eigenvalue weighted by Crippen LogP contribution is 2.37. The van der Waals surface area contributed by atoms with Crippen molar-refractivity contribution in [2.24, 2.45) is 4.99 Å². The predicted molar refractivity (Wildman–Crippen MR) is 66.4 cm³/mol. The van der Waals surface area contributed by atoms with Crippen molar-refractivity contribution in [3.8, 4) is 11.5 Å².